The molecule has 52 heavy (non-hydrogen) atoms. The zero-order valence-electron chi connectivity index (χ0n) is 28.1. The van der Waals surface area contributed by atoms with E-state index in [1.165, 1.54) is 44.2 Å². The van der Waals surface area contributed by atoms with Gasteiger partial charge in [-0.3, -0.25) is 0 Å². The standard InChI is InChI=1S/C49H30N2O/c1-3-15-35(16-4-1)49(36-17-5-2-6-18-36)42-21-11-9-19-37(42)40-29-41-38-26-25-34(28-45(38)52-46(41)30-43(40)49)48-50-44-22-12-10-20-39(44)47(51-48)33-24-23-31-13-7-8-14-32(31)27-33/h1-30H. The highest BCUT2D eigenvalue weighted by atomic mass is 16.3. The predicted molar refractivity (Wildman–Crippen MR) is 212 cm³/mol. The zero-order chi connectivity index (χ0) is 34.2. The molecule has 1 aliphatic rings. The Kier molecular flexibility index (Phi) is 6.17. The maximum atomic E-state index is 6.80. The van der Waals surface area contributed by atoms with Crippen LogP contribution in [-0.4, -0.2) is 9.97 Å². The van der Waals surface area contributed by atoms with Gasteiger partial charge in [0.05, 0.1) is 16.6 Å². The number of hydrogen-bond acceptors (Lipinski definition) is 3. The van der Waals surface area contributed by atoms with Crippen molar-refractivity contribution in [2.45, 2.75) is 5.41 Å². The van der Waals surface area contributed by atoms with E-state index < -0.39 is 5.41 Å². The number of nitrogens with zero attached hydrogens (tertiary/aromatic N) is 2. The van der Waals surface area contributed by atoms with Gasteiger partial charge < -0.3 is 4.42 Å². The summed E-state index contributed by atoms with van der Waals surface area (Å²) in [4.78, 5) is 10.3. The number of fused-ring (bicyclic) bond motifs is 8. The second kappa shape index (κ2) is 11.1. The monoisotopic (exact) mass is 662 g/mol. The van der Waals surface area contributed by atoms with Crippen LogP contribution in [0.5, 0.6) is 0 Å². The number of furan rings is 1. The van der Waals surface area contributed by atoms with Gasteiger partial charge >= 0.3 is 0 Å². The second-order valence-electron chi connectivity index (χ2n) is 13.7. The van der Waals surface area contributed by atoms with Gasteiger partial charge in [0.25, 0.3) is 0 Å². The molecule has 0 atom stereocenters. The van der Waals surface area contributed by atoms with Crippen LogP contribution in [0.25, 0.3) is 77.4 Å². The lowest BCUT2D eigenvalue weighted by molar-refractivity contribution is 0.666. The highest BCUT2D eigenvalue weighted by Gasteiger charge is 2.46. The minimum Gasteiger partial charge on any atom is -0.456 e. The van der Waals surface area contributed by atoms with Crippen LogP contribution < -0.4 is 0 Å². The lowest BCUT2D eigenvalue weighted by Gasteiger charge is -2.33. The predicted octanol–water partition coefficient (Wildman–Crippen LogP) is 12.4. The molecule has 0 saturated carbocycles. The summed E-state index contributed by atoms with van der Waals surface area (Å²) in [5, 5.41) is 5.60. The minimum absolute atomic E-state index is 0.481. The van der Waals surface area contributed by atoms with Crippen LogP contribution in [0.4, 0.5) is 0 Å². The van der Waals surface area contributed by atoms with E-state index in [9.17, 15) is 0 Å². The molecule has 3 nitrogen and oxygen atoms in total. The van der Waals surface area contributed by atoms with Gasteiger partial charge in [-0.2, -0.15) is 0 Å². The highest BCUT2D eigenvalue weighted by molar-refractivity contribution is 6.09. The van der Waals surface area contributed by atoms with E-state index >= 15 is 0 Å². The third kappa shape index (κ3) is 4.14. The van der Waals surface area contributed by atoms with E-state index in [1.54, 1.807) is 0 Å². The van der Waals surface area contributed by atoms with Crippen LogP contribution in [0.3, 0.4) is 0 Å². The molecule has 0 N–H and O–H groups in total. The summed E-state index contributed by atoms with van der Waals surface area (Å²) in [6.07, 6.45) is 0. The second-order valence-corrected chi connectivity index (χ2v) is 13.7. The van der Waals surface area contributed by atoms with Crippen molar-refractivity contribution < 1.29 is 4.42 Å². The summed E-state index contributed by atoms with van der Waals surface area (Å²) >= 11 is 0. The zero-order valence-corrected chi connectivity index (χ0v) is 28.1. The summed E-state index contributed by atoms with van der Waals surface area (Å²) in [5.41, 5.74) is 12.5. The number of benzene rings is 8. The summed E-state index contributed by atoms with van der Waals surface area (Å²) in [7, 11) is 0. The van der Waals surface area contributed by atoms with E-state index in [2.05, 4.69) is 176 Å². The summed E-state index contributed by atoms with van der Waals surface area (Å²) in [5.74, 6) is 0.674. The Labute approximate surface area is 300 Å². The van der Waals surface area contributed by atoms with Crippen molar-refractivity contribution >= 4 is 43.6 Å². The molecule has 8 aromatic carbocycles. The normalized spacial score (nSPS) is 13.2. The van der Waals surface area contributed by atoms with Crippen molar-refractivity contribution in [1.82, 2.24) is 9.97 Å². The largest absolute Gasteiger partial charge is 0.456 e. The topological polar surface area (TPSA) is 38.9 Å². The summed E-state index contributed by atoms with van der Waals surface area (Å²) in [6, 6.07) is 64.9. The molecule has 2 aromatic heterocycles. The molecule has 0 unspecified atom stereocenters. The van der Waals surface area contributed by atoms with Crippen LogP contribution in [-0.2, 0) is 5.41 Å². The van der Waals surface area contributed by atoms with Gasteiger partial charge in [-0.05, 0) is 80.6 Å². The molecule has 0 aliphatic heterocycles. The third-order valence-corrected chi connectivity index (χ3v) is 10.9. The smallest absolute Gasteiger partial charge is 0.160 e. The van der Waals surface area contributed by atoms with Crippen molar-refractivity contribution in [2.24, 2.45) is 0 Å². The fourth-order valence-electron chi connectivity index (χ4n) is 8.61. The molecule has 1 aliphatic carbocycles. The van der Waals surface area contributed by atoms with Gasteiger partial charge in [0.2, 0.25) is 0 Å². The average molecular weight is 663 g/mol. The molecule has 0 amide bonds. The maximum Gasteiger partial charge on any atom is 0.160 e. The SMILES string of the molecule is c1ccc(C2(c3ccccc3)c3ccccc3-c3cc4c(cc32)oc2cc(-c3nc(-c5ccc6ccccc6c5)c5ccccc5n3)ccc24)cc1. The fraction of sp³-hybridized carbons (Fsp3) is 0.0204. The maximum absolute atomic E-state index is 6.80. The third-order valence-electron chi connectivity index (χ3n) is 10.9. The van der Waals surface area contributed by atoms with Crippen LogP contribution in [0.1, 0.15) is 22.3 Å². The average Bonchev–Trinajstić information content (AvgIpc) is 3.72. The molecular weight excluding hydrogens is 633 g/mol. The van der Waals surface area contributed by atoms with Crippen molar-refractivity contribution in [2.75, 3.05) is 0 Å². The van der Waals surface area contributed by atoms with Crippen molar-refractivity contribution in [3.63, 3.8) is 0 Å². The van der Waals surface area contributed by atoms with E-state index in [0.717, 1.165) is 49.7 Å². The molecule has 0 radical (unpaired) electrons. The molecule has 0 saturated heterocycles. The van der Waals surface area contributed by atoms with Gasteiger partial charge in [0.15, 0.2) is 5.82 Å². The van der Waals surface area contributed by atoms with Gasteiger partial charge in [0, 0.05) is 27.3 Å². The lowest BCUT2D eigenvalue weighted by atomic mass is 9.67. The Morgan fingerprint density at radius 3 is 1.90 bits per heavy atom. The molecular formula is C49H30N2O. The van der Waals surface area contributed by atoms with E-state index in [1.807, 2.05) is 6.07 Å². The number of rotatable bonds is 4. The molecule has 2 heterocycles. The summed E-state index contributed by atoms with van der Waals surface area (Å²) < 4.78 is 6.80. The quantitative estimate of drug-likeness (QED) is 0.188. The molecule has 0 spiro atoms. The summed E-state index contributed by atoms with van der Waals surface area (Å²) in [6.45, 7) is 0. The van der Waals surface area contributed by atoms with Gasteiger partial charge in [-0.1, -0.05) is 146 Å². The van der Waals surface area contributed by atoms with E-state index in [-0.39, 0.29) is 0 Å². The van der Waals surface area contributed by atoms with E-state index in [4.69, 9.17) is 14.4 Å². The van der Waals surface area contributed by atoms with Crippen molar-refractivity contribution in [3.05, 3.63) is 204 Å². The molecule has 3 heteroatoms. The van der Waals surface area contributed by atoms with Crippen LogP contribution in [0, 0.1) is 0 Å². The first kappa shape index (κ1) is 28.9. The molecule has 10 aromatic rings. The fourth-order valence-corrected chi connectivity index (χ4v) is 8.61. The molecule has 0 fully saturated rings. The Bertz CT molecular complexity index is 2980. The lowest BCUT2D eigenvalue weighted by Crippen LogP contribution is -2.28. The highest BCUT2D eigenvalue weighted by Crippen LogP contribution is 2.57. The number of para-hydroxylation sites is 1. The van der Waals surface area contributed by atoms with Gasteiger partial charge in [-0.25, -0.2) is 9.97 Å². The molecule has 242 valence electrons. The Morgan fingerprint density at radius 2 is 1.08 bits per heavy atom. The van der Waals surface area contributed by atoms with Crippen LogP contribution in [0.15, 0.2) is 186 Å². The number of hydrogen-bond donors (Lipinski definition) is 0. The van der Waals surface area contributed by atoms with Crippen molar-refractivity contribution in [1.29, 1.82) is 0 Å². The van der Waals surface area contributed by atoms with Crippen LogP contribution in [0.2, 0.25) is 0 Å². The van der Waals surface area contributed by atoms with E-state index in [0.29, 0.717) is 5.82 Å². The van der Waals surface area contributed by atoms with Crippen LogP contribution >= 0.6 is 0 Å². The van der Waals surface area contributed by atoms with Gasteiger partial charge in [0.1, 0.15) is 11.2 Å². The molecule has 11 rings (SSSR count). The Hall–Kier alpha value is -6.84. The first-order valence-corrected chi connectivity index (χ1v) is 17.7. The Morgan fingerprint density at radius 1 is 0.404 bits per heavy atom. The minimum atomic E-state index is -0.481. The Balaban J connectivity index is 1.11. The number of aromatic nitrogens is 2. The van der Waals surface area contributed by atoms with Gasteiger partial charge in [-0.15, -0.1) is 0 Å². The molecule has 0 bridgehead atoms. The van der Waals surface area contributed by atoms with Crippen molar-refractivity contribution in [3.8, 4) is 33.8 Å². The first-order chi connectivity index (χ1) is 25.8. The first-order valence-electron chi connectivity index (χ1n) is 17.7.